The highest BCUT2D eigenvalue weighted by atomic mass is 32.1. The summed E-state index contributed by atoms with van der Waals surface area (Å²) < 4.78 is 63.5. The van der Waals surface area contributed by atoms with E-state index >= 15 is 0 Å². The summed E-state index contributed by atoms with van der Waals surface area (Å²) in [5.41, 5.74) is 6.67. The molecule has 0 radical (unpaired) electrons. The van der Waals surface area contributed by atoms with Crippen LogP contribution in [0.5, 0.6) is 0 Å². The lowest BCUT2D eigenvalue weighted by molar-refractivity contribution is -0.193. The number of alkyl halides is 6. The number of halogens is 6. The minimum atomic E-state index is -5.08. The van der Waals surface area contributed by atoms with Crippen molar-refractivity contribution in [3.63, 3.8) is 0 Å². The summed E-state index contributed by atoms with van der Waals surface area (Å²) in [5.74, 6) is -4.90. The molecule has 0 aliphatic rings. The van der Waals surface area contributed by atoms with Crippen molar-refractivity contribution in [3.8, 4) is 0 Å². The molecule has 5 atom stereocenters. The van der Waals surface area contributed by atoms with Gasteiger partial charge in [0, 0.05) is 18.3 Å². The van der Waals surface area contributed by atoms with Crippen molar-refractivity contribution in [1.29, 1.82) is 0 Å². The van der Waals surface area contributed by atoms with Gasteiger partial charge in [-0.3, -0.25) is 4.79 Å². The maximum absolute atomic E-state index is 12.6. The molecule has 1 amide bonds. The Morgan fingerprint density at radius 1 is 0.974 bits per heavy atom. The summed E-state index contributed by atoms with van der Waals surface area (Å²) in [7, 11) is 0. The van der Waals surface area contributed by atoms with E-state index in [0.717, 1.165) is 12.0 Å². The van der Waals surface area contributed by atoms with Crippen LogP contribution in [0.4, 0.5) is 26.3 Å². The van der Waals surface area contributed by atoms with Gasteiger partial charge in [0.2, 0.25) is 5.91 Å². The van der Waals surface area contributed by atoms with Crippen molar-refractivity contribution in [1.82, 2.24) is 10.6 Å². The number of benzene rings is 1. The quantitative estimate of drug-likeness (QED) is 0.164. The SMILES string of the molecule is CC[C@H](C)[C@H](NC[C@@H](N)CS)C(=O)N[C@@H](C)C(O)c1ccccc1.O=C(O)C(F)(F)F.O=C(O)C(F)(F)F. The number of aliphatic carboxylic acids is 2. The molecule has 9 nitrogen and oxygen atoms in total. The summed E-state index contributed by atoms with van der Waals surface area (Å²) in [6.07, 6.45) is -10.0. The highest BCUT2D eigenvalue weighted by molar-refractivity contribution is 7.80. The highest BCUT2D eigenvalue weighted by Gasteiger charge is 2.38. The second kappa shape index (κ2) is 17.9. The summed E-state index contributed by atoms with van der Waals surface area (Å²) >= 11 is 4.17. The van der Waals surface area contributed by atoms with Crippen LogP contribution < -0.4 is 16.4 Å². The van der Waals surface area contributed by atoms with Gasteiger partial charge in [-0.2, -0.15) is 39.0 Å². The summed E-state index contributed by atoms with van der Waals surface area (Å²) in [6.45, 7) is 6.42. The largest absolute Gasteiger partial charge is 0.490 e. The molecule has 1 aromatic carbocycles. The van der Waals surface area contributed by atoms with Crippen LogP contribution in [0.15, 0.2) is 30.3 Å². The molecule has 0 aliphatic heterocycles. The van der Waals surface area contributed by atoms with E-state index in [2.05, 4.69) is 23.3 Å². The van der Waals surface area contributed by atoms with Crippen LogP contribution in [0.1, 0.15) is 38.9 Å². The van der Waals surface area contributed by atoms with Crippen LogP contribution in [-0.4, -0.2) is 75.9 Å². The third-order valence-corrected chi connectivity index (χ3v) is 5.27. The summed E-state index contributed by atoms with van der Waals surface area (Å²) in [6, 6.07) is 8.52. The van der Waals surface area contributed by atoms with E-state index in [1.165, 1.54) is 0 Å². The first-order valence-electron chi connectivity index (χ1n) is 11.0. The first kappa shape index (κ1) is 37.6. The third kappa shape index (κ3) is 16.3. The Balaban J connectivity index is 0. The van der Waals surface area contributed by atoms with Crippen molar-refractivity contribution in [3.05, 3.63) is 35.9 Å². The monoisotopic (exact) mass is 581 g/mol. The fourth-order valence-electron chi connectivity index (χ4n) is 2.46. The minimum Gasteiger partial charge on any atom is -0.475 e. The predicted molar refractivity (Wildman–Crippen MR) is 129 cm³/mol. The Hall–Kier alpha value is -2.56. The molecule has 0 fully saturated rings. The van der Waals surface area contributed by atoms with E-state index in [-0.39, 0.29) is 30.0 Å². The van der Waals surface area contributed by atoms with Gasteiger partial charge in [-0.15, -0.1) is 0 Å². The number of hydrogen-bond donors (Lipinski definition) is 7. The number of nitrogens with two attached hydrogens (primary N) is 1. The molecule has 38 heavy (non-hydrogen) atoms. The Bertz CT molecular complexity index is 821. The molecule has 220 valence electrons. The van der Waals surface area contributed by atoms with Gasteiger partial charge in [0.05, 0.1) is 18.2 Å². The van der Waals surface area contributed by atoms with Crippen molar-refractivity contribution in [2.75, 3.05) is 12.3 Å². The van der Waals surface area contributed by atoms with Crippen molar-refractivity contribution >= 4 is 30.5 Å². The highest BCUT2D eigenvalue weighted by Crippen LogP contribution is 2.17. The van der Waals surface area contributed by atoms with E-state index in [0.29, 0.717) is 12.3 Å². The number of nitrogens with one attached hydrogen (secondary N) is 2. The number of thiol groups is 1. The minimum absolute atomic E-state index is 0.0972. The molecule has 7 N–H and O–H groups in total. The van der Waals surface area contributed by atoms with Crippen molar-refractivity contribution in [2.45, 2.75) is 63.8 Å². The normalized spacial score (nSPS) is 15.3. The molecule has 0 saturated carbocycles. The first-order chi connectivity index (χ1) is 17.3. The maximum atomic E-state index is 12.6. The molecule has 0 aromatic heterocycles. The summed E-state index contributed by atoms with van der Waals surface area (Å²) in [5, 5.41) is 30.8. The number of aliphatic hydroxyl groups is 1. The average Bonchev–Trinajstić information content (AvgIpc) is 2.83. The second-order valence-electron chi connectivity index (χ2n) is 7.97. The Morgan fingerprint density at radius 2 is 1.39 bits per heavy atom. The number of hydrogen-bond acceptors (Lipinski definition) is 7. The Morgan fingerprint density at radius 3 is 1.74 bits per heavy atom. The van der Waals surface area contributed by atoms with Gasteiger partial charge in [0.15, 0.2) is 0 Å². The first-order valence-corrected chi connectivity index (χ1v) is 11.7. The lowest BCUT2D eigenvalue weighted by Crippen LogP contribution is -2.53. The standard InChI is InChI=1S/C18H31N3O2S.2C2HF3O2/c1-4-12(2)16(20-10-15(19)11-24)18(23)21-13(3)17(22)14-8-6-5-7-9-14;2*3-2(4,5)1(6)7/h5-9,12-13,15-17,20,22,24H,4,10-11,19H2,1-3H3,(H,21,23);2*(H,6,7)/t12-,13-,15+,16-,17?;;/m0../s1. The number of rotatable bonds is 10. The maximum Gasteiger partial charge on any atom is 0.490 e. The topological polar surface area (TPSA) is 162 Å². The molecule has 16 heteroatoms. The smallest absolute Gasteiger partial charge is 0.475 e. The lowest BCUT2D eigenvalue weighted by atomic mass is 9.97. The second-order valence-corrected chi connectivity index (χ2v) is 8.34. The van der Waals surface area contributed by atoms with Gasteiger partial charge in [-0.25, -0.2) is 9.59 Å². The van der Waals surface area contributed by atoms with Gasteiger partial charge in [0.1, 0.15) is 0 Å². The van der Waals surface area contributed by atoms with Gasteiger partial charge in [-0.05, 0) is 18.4 Å². The molecule has 0 bridgehead atoms. The molecule has 0 heterocycles. The number of amides is 1. The third-order valence-electron chi connectivity index (χ3n) is 4.80. The zero-order valence-corrected chi connectivity index (χ0v) is 21.6. The van der Waals surface area contributed by atoms with Crippen LogP contribution >= 0.6 is 12.6 Å². The van der Waals surface area contributed by atoms with E-state index in [1.807, 2.05) is 51.1 Å². The Labute approximate surface area is 221 Å². The Kier molecular flexibility index (Phi) is 17.7. The van der Waals surface area contributed by atoms with Gasteiger partial charge in [0.25, 0.3) is 0 Å². The number of carboxylic acids is 2. The fourth-order valence-corrected chi connectivity index (χ4v) is 2.59. The zero-order chi connectivity index (χ0) is 30.3. The fraction of sp³-hybridized carbons (Fsp3) is 0.591. The molecular formula is C22H33F6N3O6S. The molecule has 0 aliphatic carbocycles. The van der Waals surface area contributed by atoms with Gasteiger partial charge < -0.3 is 31.7 Å². The van der Waals surface area contributed by atoms with Gasteiger partial charge >= 0.3 is 24.3 Å². The van der Waals surface area contributed by atoms with E-state index in [1.54, 1.807) is 0 Å². The number of carbonyl (C=O) groups excluding carboxylic acids is 1. The van der Waals surface area contributed by atoms with Crippen LogP contribution in [-0.2, 0) is 14.4 Å². The zero-order valence-electron chi connectivity index (χ0n) is 20.8. The molecule has 0 spiro atoms. The van der Waals surface area contributed by atoms with E-state index in [4.69, 9.17) is 25.5 Å². The van der Waals surface area contributed by atoms with E-state index < -0.39 is 30.4 Å². The number of carboxylic acid groups (broad SMARTS) is 2. The van der Waals surface area contributed by atoms with Crippen LogP contribution in [0.25, 0.3) is 0 Å². The lowest BCUT2D eigenvalue weighted by Gasteiger charge is -2.28. The van der Waals surface area contributed by atoms with Crippen LogP contribution in [0.2, 0.25) is 0 Å². The van der Waals surface area contributed by atoms with Crippen molar-refractivity contribution < 1.29 is 56.0 Å². The predicted octanol–water partition coefficient (Wildman–Crippen LogP) is 2.75. The van der Waals surface area contributed by atoms with E-state index in [9.17, 15) is 36.2 Å². The number of aliphatic hydroxyl groups excluding tert-OH is 1. The molecule has 1 unspecified atom stereocenters. The molecule has 1 rings (SSSR count). The molecule has 1 aromatic rings. The van der Waals surface area contributed by atoms with Crippen LogP contribution in [0, 0.1) is 5.92 Å². The molecule has 0 saturated heterocycles. The molecular weight excluding hydrogens is 548 g/mol. The van der Waals surface area contributed by atoms with Crippen LogP contribution in [0.3, 0.4) is 0 Å². The van der Waals surface area contributed by atoms with Gasteiger partial charge in [-0.1, -0.05) is 50.6 Å². The average molecular weight is 582 g/mol. The summed E-state index contributed by atoms with van der Waals surface area (Å²) in [4.78, 5) is 30.4. The van der Waals surface area contributed by atoms with Crippen molar-refractivity contribution in [2.24, 2.45) is 11.7 Å². The number of carbonyl (C=O) groups is 3.